The van der Waals surface area contributed by atoms with Crippen molar-refractivity contribution in [3.8, 4) is 0 Å². The van der Waals surface area contributed by atoms with Crippen LogP contribution in [-0.2, 0) is 6.42 Å². The third-order valence-electron chi connectivity index (χ3n) is 1.67. The molecule has 0 spiro atoms. The van der Waals surface area contributed by atoms with Crippen LogP contribution in [0, 0.1) is 11.6 Å². The van der Waals surface area contributed by atoms with Crippen molar-refractivity contribution in [3.63, 3.8) is 0 Å². The Morgan fingerprint density at radius 3 is 2.50 bits per heavy atom. The van der Waals surface area contributed by atoms with Gasteiger partial charge in [-0.3, -0.25) is 0 Å². The zero-order valence-electron chi connectivity index (χ0n) is 6.50. The van der Waals surface area contributed by atoms with Gasteiger partial charge in [-0.25, -0.2) is 8.78 Å². The third kappa shape index (κ3) is 1.43. The van der Waals surface area contributed by atoms with Crippen LogP contribution in [0.4, 0.5) is 14.5 Å². The Labute approximate surface area is 77.7 Å². The van der Waals surface area contributed by atoms with Crippen molar-refractivity contribution in [2.24, 2.45) is 0 Å². The molecule has 0 fully saturated rings. The summed E-state index contributed by atoms with van der Waals surface area (Å²) in [6.07, 6.45) is 0.585. The molecule has 0 radical (unpaired) electrons. The zero-order valence-corrected chi connectivity index (χ0v) is 8.08. The first-order valence-corrected chi connectivity index (χ1v) is 4.29. The van der Waals surface area contributed by atoms with E-state index in [1.54, 1.807) is 0 Å². The van der Waals surface area contributed by atoms with Crippen LogP contribution >= 0.6 is 15.9 Å². The normalized spacial score (nSPS) is 10.3. The van der Waals surface area contributed by atoms with Crippen LogP contribution in [0.15, 0.2) is 10.5 Å². The average Bonchev–Trinajstić information content (AvgIpc) is 2.08. The fraction of sp³-hybridized carbons (Fsp3) is 0.250. The van der Waals surface area contributed by atoms with Crippen LogP contribution in [-0.4, -0.2) is 0 Å². The molecule has 0 heterocycles. The molecule has 66 valence electrons. The summed E-state index contributed by atoms with van der Waals surface area (Å²) in [7, 11) is 0. The van der Waals surface area contributed by atoms with Crippen LogP contribution in [0.1, 0.15) is 12.5 Å². The summed E-state index contributed by atoms with van der Waals surface area (Å²) in [5.74, 6) is -1.90. The van der Waals surface area contributed by atoms with Gasteiger partial charge in [0, 0.05) is 0 Å². The molecule has 1 aromatic rings. The average molecular weight is 236 g/mol. The molecule has 1 nitrogen and oxygen atoms in total. The second-order valence-corrected chi connectivity index (χ2v) is 3.27. The van der Waals surface area contributed by atoms with E-state index in [2.05, 4.69) is 15.9 Å². The number of nitrogen functional groups attached to an aromatic ring is 1. The summed E-state index contributed by atoms with van der Waals surface area (Å²) in [5.41, 5.74) is 5.84. The Hall–Kier alpha value is -0.640. The van der Waals surface area contributed by atoms with E-state index >= 15 is 0 Å². The maximum atomic E-state index is 12.9. The highest BCUT2D eigenvalue weighted by Gasteiger charge is 2.13. The van der Waals surface area contributed by atoms with Crippen molar-refractivity contribution in [1.82, 2.24) is 0 Å². The standard InChI is InChI=1S/C8H8BrF2N/c1-2-4-3-5(9)6(10)7(11)8(4)12/h3H,2,12H2,1H3. The van der Waals surface area contributed by atoms with E-state index in [9.17, 15) is 8.78 Å². The summed E-state index contributed by atoms with van der Waals surface area (Å²) >= 11 is 2.90. The minimum Gasteiger partial charge on any atom is -0.396 e. The highest BCUT2D eigenvalue weighted by molar-refractivity contribution is 9.10. The van der Waals surface area contributed by atoms with Gasteiger partial charge in [0.05, 0.1) is 10.2 Å². The molecule has 2 N–H and O–H groups in total. The Balaban J connectivity index is 3.39. The number of benzene rings is 1. The number of halogens is 3. The number of nitrogens with two attached hydrogens (primary N) is 1. The van der Waals surface area contributed by atoms with E-state index in [0.717, 1.165) is 0 Å². The Morgan fingerprint density at radius 1 is 1.42 bits per heavy atom. The molecule has 0 aliphatic rings. The molecule has 0 aromatic heterocycles. The van der Waals surface area contributed by atoms with E-state index in [1.807, 2.05) is 6.92 Å². The van der Waals surface area contributed by atoms with E-state index in [0.29, 0.717) is 12.0 Å². The smallest absolute Gasteiger partial charge is 0.183 e. The van der Waals surface area contributed by atoms with Crippen LogP contribution in [0.2, 0.25) is 0 Å². The number of anilines is 1. The molecule has 0 aliphatic heterocycles. The van der Waals surface area contributed by atoms with E-state index < -0.39 is 11.6 Å². The highest BCUT2D eigenvalue weighted by Crippen LogP contribution is 2.26. The predicted octanol–water partition coefficient (Wildman–Crippen LogP) is 2.87. The van der Waals surface area contributed by atoms with Gasteiger partial charge in [-0.1, -0.05) is 6.92 Å². The summed E-state index contributed by atoms with van der Waals surface area (Å²) in [6, 6.07) is 1.49. The van der Waals surface area contributed by atoms with Crippen molar-refractivity contribution in [2.75, 3.05) is 5.73 Å². The third-order valence-corrected chi connectivity index (χ3v) is 2.24. The van der Waals surface area contributed by atoms with Gasteiger partial charge in [0.15, 0.2) is 11.6 Å². The van der Waals surface area contributed by atoms with Gasteiger partial charge in [0.25, 0.3) is 0 Å². The Morgan fingerprint density at radius 2 is 2.00 bits per heavy atom. The van der Waals surface area contributed by atoms with Crippen molar-refractivity contribution < 1.29 is 8.78 Å². The predicted molar refractivity (Wildman–Crippen MR) is 47.8 cm³/mol. The lowest BCUT2D eigenvalue weighted by Crippen LogP contribution is -2.00. The lowest BCUT2D eigenvalue weighted by Gasteiger charge is -2.05. The van der Waals surface area contributed by atoms with Gasteiger partial charge in [0.2, 0.25) is 0 Å². The van der Waals surface area contributed by atoms with Crippen molar-refractivity contribution in [2.45, 2.75) is 13.3 Å². The Kier molecular flexibility index (Phi) is 2.67. The minimum atomic E-state index is -0.971. The molecule has 0 saturated carbocycles. The first-order valence-electron chi connectivity index (χ1n) is 3.49. The Bertz CT molecular complexity index is 312. The number of aryl methyl sites for hydroxylation is 1. The van der Waals surface area contributed by atoms with Crippen LogP contribution < -0.4 is 5.73 Å². The quantitative estimate of drug-likeness (QED) is 0.588. The SMILES string of the molecule is CCc1cc(Br)c(F)c(F)c1N. The van der Waals surface area contributed by atoms with Crippen LogP contribution in [0.3, 0.4) is 0 Å². The monoisotopic (exact) mass is 235 g/mol. The van der Waals surface area contributed by atoms with Gasteiger partial charge in [-0.2, -0.15) is 0 Å². The van der Waals surface area contributed by atoms with Gasteiger partial charge in [0.1, 0.15) is 0 Å². The maximum absolute atomic E-state index is 12.9. The molecule has 0 unspecified atom stereocenters. The largest absolute Gasteiger partial charge is 0.396 e. The molecular formula is C8H8BrF2N. The van der Waals surface area contributed by atoms with Gasteiger partial charge < -0.3 is 5.73 Å². The topological polar surface area (TPSA) is 26.0 Å². The minimum absolute atomic E-state index is 0.0989. The zero-order chi connectivity index (χ0) is 9.30. The summed E-state index contributed by atoms with van der Waals surface area (Å²) in [5, 5.41) is 0. The molecule has 12 heavy (non-hydrogen) atoms. The molecular weight excluding hydrogens is 228 g/mol. The van der Waals surface area contributed by atoms with Crippen molar-refractivity contribution >= 4 is 21.6 Å². The highest BCUT2D eigenvalue weighted by atomic mass is 79.9. The van der Waals surface area contributed by atoms with E-state index in [1.165, 1.54) is 6.07 Å². The lowest BCUT2D eigenvalue weighted by molar-refractivity contribution is 0.506. The molecule has 0 saturated heterocycles. The number of hydrogen-bond donors (Lipinski definition) is 1. The van der Waals surface area contributed by atoms with Gasteiger partial charge in [-0.05, 0) is 34.0 Å². The first-order chi connectivity index (χ1) is 5.57. The molecule has 0 atom stereocenters. The first kappa shape index (κ1) is 9.45. The molecule has 1 aromatic carbocycles. The second-order valence-electron chi connectivity index (χ2n) is 2.41. The van der Waals surface area contributed by atoms with Crippen LogP contribution in [0.5, 0.6) is 0 Å². The lowest BCUT2D eigenvalue weighted by atomic mass is 10.1. The summed E-state index contributed by atoms with van der Waals surface area (Å²) in [4.78, 5) is 0. The fourth-order valence-corrected chi connectivity index (χ4v) is 1.40. The molecule has 1 rings (SSSR count). The summed E-state index contributed by atoms with van der Waals surface area (Å²) in [6.45, 7) is 1.83. The maximum Gasteiger partial charge on any atom is 0.183 e. The molecule has 4 heteroatoms. The summed E-state index contributed by atoms with van der Waals surface area (Å²) < 4.78 is 25.8. The molecule has 0 aliphatic carbocycles. The van der Waals surface area contributed by atoms with Gasteiger partial charge >= 0.3 is 0 Å². The van der Waals surface area contributed by atoms with Crippen LogP contribution in [0.25, 0.3) is 0 Å². The number of hydrogen-bond acceptors (Lipinski definition) is 1. The van der Waals surface area contributed by atoms with E-state index in [4.69, 9.17) is 5.73 Å². The van der Waals surface area contributed by atoms with E-state index in [-0.39, 0.29) is 10.2 Å². The van der Waals surface area contributed by atoms with Crippen molar-refractivity contribution in [3.05, 3.63) is 27.7 Å². The molecule has 0 amide bonds. The number of rotatable bonds is 1. The van der Waals surface area contributed by atoms with Crippen molar-refractivity contribution in [1.29, 1.82) is 0 Å². The van der Waals surface area contributed by atoms with Gasteiger partial charge in [-0.15, -0.1) is 0 Å². The fourth-order valence-electron chi connectivity index (χ4n) is 0.951. The second kappa shape index (κ2) is 3.39. The molecule has 0 bridgehead atoms.